The molecule has 2 rings (SSSR count). The summed E-state index contributed by atoms with van der Waals surface area (Å²) in [6.45, 7) is -0.424. The van der Waals surface area contributed by atoms with E-state index in [2.05, 4.69) is 5.32 Å². The van der Waals surface area contributed by atoms with Crippen LogP contribution in [0.5, 0.6) is 11.5 Å². The van der Waals surface area contributed by atoms with Crippen molar-refractivity contribution in [3.8, 4) is 11.5 Å². The number of hydrogen-bond acceptors (Lipinski definition) is 6. The molecule has 26 heavy (non-hydrogen) atoms. The van der Waals surface area contributed by atoms with Crippen molar-refractivity contribution in [2.45, 2.75) is 6.54 Å². The highest BCUT2D eigenvalue weighted by Crippen LogP contribution is 2.12. The van der Waals surface area contributed by atoms with Crippen molar-refractivity contribution in [1.82, 2.24) is 5.32 Å². The van der Waals surface area contributed by atoms with E-state index in [0.717, 1.165) is 5.56 Å². The first-order chi connectivity index (χ1) is 12.6. The lowest BCUT2D eigenvalue weighted by Gasteiger charge is -2.08. The summed E-state index contributed by atoms with van der Waals surface area (Å²) in [5.41, 5.74) is 1.37. The minimum Gasteiger partial charge on any atom is -0.497 e. The van der Waals surface area contributed by atoms with Crippen LogP contribution in [0.15, 0.2) is 48.5 Å². The maximum absolute atomic E-state index is 11.7. The second-order valence-corrected chi connectivity index (χ2v) is 5.26. The van der Waals surface area contributed by atoms with Gasteiger partial charge in [0.25, 0.3) is 5.91 Å². The van der Waals surface area contributed by atoms with E-state index in [0.29, 0.717) is 29.9 Å². The topological polar surface area (TPSA) is 90.9 Å². The van der Waals surface area contributed by atoms with Crippen LogP contribution in [-0.2, 0) is 20.9 Å². The number of rotatable bonds is 9. The van der Waals surface area contributed by atoms with Crippen LogP contribution < -0.4 is 14.8 Å². The van der Waals surface area contributed by atoms with Crippen molar-refractivity contribution < 1.29 is 28.6 Å². The molecule has 0 spiro atoms. The maximum atomic E-state index is 11.7. The van der Waals surface area contributed by atoms with Crippen LogP contribution in [0.25, 0.3) is 0 Å². The molecule has 0 saturated carbocycles. The minimum absolute atomic E-state index is 0.299. The third-order valence-corrected chi connectivity index (χ3v) is 3.36. The van der Waals surface area contributed by atoms with Gasteiger partial charge in [-0.3, -0.25) is 9.59 Å². The summed E-state index contributed by atoms with van der Waals surface area (Å²) in [4.78, 5) is 33.9. The molecular weight excluding hydrogens is 338 g/mol. The van der Waals surface area contributed by atoms with Crippen LogP contribution in [0, 0.1) is 0 Å². The number of carbonyl (C=O) groups excluding carboxylic acids is 3. The lowest BCUT2D eigenvalue weighted by atomic mass is 10.2. The lowest BCUT2D eigenvalue weighted by Crippen LogP contribution is -2.29. The van der Waals surface area contributed by atoms with Gasteiger partial charge >= 0.3 is 5.97 Å². The van der Waals surface area contributed by atoms with E-state index < -0.39 is 18.5 Å². The monoisotopic (exact) mass is 357 g/mol. The predicted octanol–water partition coefficient (Wildman–Crippen LogP) is 1.75. The lowest BCUT2D eigenvalue weighted by molar-refractivity contribution is -0.150. The molecule has 0 aromatic heterocycles. The maximum Gasteiger partial charge on any atom is 0.344 e. The van der Waals surface area contributed by atoms with Gasteiger partial charge in [0, 0.05) is 12.1 Å². The van der Waals surface area contributed by atoms with E-state index in [1.807, 2.05) is 12.1 Å². The van der Waals surface area contributed by atoms with E-state index in [1.165, 1.54) is 0 Å². The fourth-order valence-electron chi connectivity index (χ4n) is 2.01. The van der Waals surface area contributed by atoms with Crippen molar-refractivity contribution in [3.05, 3.63) is 59.7 Å². The van der Waals surface area contributed by atoms with Crippen LogP contribution >= 0.6 is 0 Å². The van der Waals surface area contributed by atoms with Gasteiger partial charge in [0.15, 0.2) is 13.2 Å². The number of ether oxygens (including phenoxy) is 3. The second kappa shape index (κ2) is 9.83. The minimum atomic E-state index is -0.666. The molecule has 0 aliphatic heterocycles. The summed E-state index contributed by atoms with van der Waals surface area (Å²) in [5.74, 6) is 0.0361. The third-order valence-electron chi connectivity index (χ3n) is 3.36. The molecule has 2 aromatic rings. The zero-order valence-corrected chi connectivity index (χ0v) is 14.3. The molecule has 136 valence electrons. The summed E-state index contributed by atoms with van der Waals surface area (Å²) in [6, 6.07) is 13.5. The van der Waals surface area contributed by atoms with Gasteiger partial charge in [-0.05, 0) is 42.0 Å². The molecule has 0 radical (unpaired) electrons. The first kappa shape index (κ1) is 19.0. The van der Waals surface area contributed by atoms with Crippen molar-refractivity contribution in [3.63, 3.8) is 0 Å². The van der Waals surface area contributed by atoms with Crippen LogP contribution in [0.3, 0.4) is 0 Å². The Morgan fingerprint density at radius 2 is 1.81 bits per heavy atom. The highest BCUT2D eigenvalue weighted by atomic mass is 16.6. The number of benzene rings is 2. The Hall–Kier alpha value is -3.35. The fourth-order valence-corrected chi connectivity index (χ4v) is 2.01. The summed E-state index contributed by atoms with van der Waals surface area (Å²) in [7, 11) is 1.57. The number of hydrogen-bond donors (Lipinski definition) is 1. The predicted molar refractivity (Wildman–Crippen MR) is 93.1 cm³/mol. The van der Waals surface area contributed by atoms with E-state index in [1.54, 1.807) is 43.5 Å². The van der Waals surface area contributed by atoms with Gasteiger partial charge < -0.3 is 19.5 Å². The highest BCUT2D eigenvalue weighted by molar-refractivity contribution is 5.81. The van der Waals surface area contributed by atoms with Gasteiger partial charge in [-0.1, -0.05) is 12.1 Å². The quantitative estimate of drug-likeness (QED) is 0.543. The highest BCUT2D eigenvalue weighted by Gasteiger charge is 2.09. The standard InChI is InChI=1S/C19H19NO6/c1-24-17-4-2-3-15(9-17)10-20-18(22)12-26-19(23)13-25-16-7-5-14(11-21)6-8-16/h2-9,11H,10,12-13H2,1H3,(H,20,22). The van der Waals surface area contributed by atoms with Crippen LogP contribution in [0.4, 0.5) is 0 Å². The normalized spacial score (nSPS) is 9.88. The summed E-state index contributed by atoms with van der Waals surface area (Å²) < 4.78 is 15.2. The molecule has 1 amide bonds. The molecular formula is C19H19NO6. The largest absolute Gasteiger partial charge is 0.497 e. The Morgan fingerprint density at radius 1 is 1.04 bits per heavy atom. The van der Waals surface area contributed by atoms with Crippen molar-refractivity contribution >= 4 is 18.2 Å². The summed E-state index contributed by atoms with van der Waals surface area (Å²) in [6.07, 6.45) is 0.710. The third kappa shape index (κ3) is 6.27. The Kier molecular flexibility index (Phi) is 7.17. The number of carbonyl (C=O) groups is 3. The molecule has 7 heteroatoms. The molecule has 1 N–H and O–H groups in total. The molecule has 0 aliphatic carbocycles. The van der Waals surface area contributed by atoms with Gasteiger partial charge in [-0.2, -0.15) is 0 Å². The molecule has 0 saturated heterocycles. The van der Waals surface area contributed by atoms with Gasteiger partial charge in [0.05, 0.1) is 7.11 Å². The number of nitrogens with one attached hydrogen (secondary N) is 1. The van der Waals surface area contributed by atoms with Crippen molar-refractivity contribution in [2.75, 3.05) is 20.3 Å². The van der Waals surface area contributed by atoms with Crippen LogP contribution in [0.1, 0.15) is 15.9 Å². The van der Waals surface area contributed by atoms with E-state index in [-0.39, 0.29) is 6.61 Å². The molecule has 7 nitrogen and oxygen atoms in total. The number of esters is 1. The van der Waals surface area contributed by atoms with E-state index in [4.69, 9.17) is 14.2 Å². The van der Waals surface area contributed by atoms with Crippen LogP contribution in [0.2, 0.25) is 0 Å². The summed E-state index contributed by atoms with van der Waals surface area (Å²) >= 11 is 0. The SMILES string of the molecule is COc1cccc(CNC(=O)COC(=O)COc2ccc(C=O)cc2)c1. The van der Waals surface area contributed by atoms with Gasteiger partial charge in [0.1, 0.15) is 17.8 Å². The number of aldehydes is 1. The van der Waals surface area contributed by atoms with Gasteiger partial charge in [-0.15, -0.1) is 0 Å². The van der Waals surface area contributed by atoms with E-state index in [9.17, 15) is 14.4 Å². The molecule has 0 unspecified atom stereocenters. The van der Waals surface area contributed by atoms with Gasteiger partial charge in [0.2, 0.25) is 0 Å². The number of methoxy groups -OCH3 is 1. The van der Waals surface area contributed by atoms with Crippen LogP contribution in [-0.4, -0.2) is 38.5 Å². The Morgan fingerprint density at radius 3 is 2.50 bits per heavy atom. The Balaban J connectivity index is 1.67. The molecule has 2 aromatic carbocycles. The zero-order chi connectivity index (χ0) is 18.8. The molecule has 0 atom stereocenters. The molecule has 0 aliphatic rings. The summed E-state index contributed by atoms with van der Waals surface area (Å²) in [5, 5.41) is 2.65. The van der Waals surface area contributed by atoms with Gasteiger partial charge in [-0.25, -0.2) is 4.79 Å². The average Bonchev–Trinajstić information content (AvgIpc) is 2.69. The number of amides is 1. The first-order valence-corrected chi connectivity index (χ1v) is 7.84. The fraction of sp³-hybridized carbons (Fsp3) is 0.211. The van der Waals surface area contributed by atoms with Crippen molar-refractivity contribution in [2.24, 2.45) is 0 Å². The van der Waals surface area contributed by atoms with Crippen molar-refractivity contribution in [1.29, 1.82) is 0 Å². The first-order valence-electron chi connectivity index (χ1n) is 7.84. The Labute approximate surface area is 150 Å². The van der Waals surface area contributed by atoms with E-state index >= 15 is 0 Å². The second-order valence-electron chi connectivity index (χ2n) is 5.26. The smallest absolute Gasteiger partial charge is 0.344 e. The molecule has 0 heterocycles. The zero-order valence-electron chi connectivity index (χ0n) is 14.3. The molecule has 0 bridgehead atoms. The average molecular weight is 357 g/mol. The Bertz CT molecular complexity index is 757. The molecule has 0 fully saturated rings.